The van der Waals surface area contributed by atoms with Gasteiger partial charge in [0.25, 0.3) is 0 Å². The summed E-state index contributed by atoms with van der Waals surface area (Å²) in [6.45, 7) is 1.38. The molecule has 6 N–H and O–H groups in total. The third-order valence-electron chi connectivity index (χ3n) is 6.13. The first-order valence-electron chi connectivity index (χ1n) is 12.0. The Hall–Kier alpha value is -3.27. The lowest BCUT2D eigenvalue weighted by Crippen LogP contribution is -2.41. The maximum absolute atomic E-state index is 12.9. The lowest BCUT2D eigenvalue weighted by atomic mass is 9.89. The molecule has 10 heteroatoms. The fourth-order valence-corrected chi connectivity index (χ4v) is 4.07. The Morgan fingerprint density at radius 2 is 2.03 bits per heavy atom. The summed E-state index contributed by atoms with van der Waals surface area (Å²) in [5.41, 5.74) is 6.69. The predicted octanol–water partition coefficient (Wildman–Crippen LogP) is 1.27. The molecule has 0 aliphatic carbocycles. The van der Waals surface area contributed by atoms with E-state index in [2.05, 4.69) is 20.5 Å². The van der Waals surface area contributed by atoms with Crippen molar-refractivity contribution in [1.82, 2.24) is 15.5 Å². The number of methoxy groups -OCH3 is 1. The van der Waals surface area contributed by atoms with Crippen molar-refractivity contribution in [2.45, 2.75) is 51.0 Å². The number of aryl methyl sites for hydroxylation is 1. The van der Waals surface area contributed by atoms with Crippen molar-refractivity contribution in [2.75, 3.05) is 34.0 Å². The summed E-state index contributed by atoms with van der Waals surface area (Å²) in [4.78, 5) is 31.8. The number of nitrogens with zero attached hydrogens (tertiary/aromatic N) is 2. The number of aliphatic hydroxyl groups is 1. The van der Waals surface area contributed by atoms with Gasteiger partial charge >= 0.3 is 0 Å². The van der Waals surface area contributed by atoms with Gasteiger partial charge in [0, 0.05) is 51.5 Å². The van der Waals surface area contributed by atoms with E-state index < -0.39 is 5.92 Å². The van der Waals surface area contributed by atoms with Gasteiger partial charge in [-0.15, -0.1) is 0 Å². The SMILES string of the molecule is CN=C(N)NC(CCCC(=O)C(CCO)C(=O)CCc1ccc(O)c(OC)c1)CCN1C=CNC1. The van der Waals surface area contributed by atoms with E-state index in [-0.39, 0.29) is 49.2 Å². The molecule has 0 spiro atoms. The monoisotopic (exact) mass is 489 g/mol. The molecule has 35 heavy (non-hydrogen) atoms. The number of Topliss-reactive ketones (excluding diaryl/α,β-unsaturated/α-hetero) is 2. The molecule has 0 fully saturated rings. The third kappa shape index (κ3) is 9.48. The number of hydrogen-bond acceptors (Lipinski definition) is 8. The van der Waals surface area contributed by atoms with Crippen molar-refractivity contribution in [3.8, 4) is 11.5 Å². The fraction of sp³-hybridized carbons (Fsp3) is 0.560. The van der Waals surface area contributed by atoms with E-state index in [9.17, 15) is 19.8 Å². The van der Waals surface area contributed by atoms with Crippen molar-refractivity contribution < 1.29 is 24.5 Å². The minimum Gasteiger partial charge on any atom is -0.504 e. The molecule has 0 saturated heterocycles. The van der Waals surface area contributed by atoms with Crippen LogP contribution < -0.4 is 21.1 Å². The second-order valence-corrected chi connectivity index (χ2v) is 8.63. The second-order valence-electron chi connectivity index (χ2n) is 8.63. The van der Waals surface area contributed by atoms with E-state index in [0.717, 1.165) is 25.2 Å². The molecule has 1 aromatic carbocycles. The summed E-state index contributed by atoms with van der Waals surface area (Å²) < 4.78 is 5.11. The van der Waals surface area contributed by atoms with Gasteiger partial charge in [0.1, 0.15) is 11.6 Å². The molecule has 2 rings (SSSR count). The number of guanidine groups is 1. The number of nitrogens with two attached hydrogens (primary N) is 1. The van der Waals surface area contributed by atoms with Gasteiger partial charge in [-0.1, -0.05) is 6.07 Å². The minimum absolute atomic E-state index is 0.0317. The number of aliphatic hydroxyl groups excluding tert-OH is 1. The topological polar surface area (TPSA) is 150 Å². The van der Waals surface area contributed by atoms with Crippen LogP contribution in [0.2, 0.25) is 0 Å². The van der Waals surface area contributed by atoms with Gasteiger partial charge in [-0.2, -0.15) is 0 Å². The third-order valence-corrected chi connectivity index (χ3v) is 6.13. The van der Waals surface area contributed by atoms with Crippen LogP contribution in [-0.4, -0.2) is 72.7 Å². The quantitative estimate of drug-likeness (QED) is 0.131. The van der Waals surface area contributed by atoms with E-state index in [1.165, 1.54) is 13.2 Å². The summed E-state index contributed by atoms with van der Waals surface area (Å²) >= 11 is 0. The number of phenolic OH excluding ortho intramolecular Hbond substituents is 1. The predicted molar refractivity (Wildman–Crippen MR) is 135 cm³/mol. The van der Waals surface area contributed by atoms with Gasteiger partial charge in [0.15, 0.2) is 17.5 Å². The number of carbonyl (C=O) groups excluding carboxylic acids is 2. The van der Waals surface area contributed by atoms with Crippen LogP contribution in [0, 0.1) is 5.92 Å². The molecule has 0 amide bonds. The zero-order chi connectivity index (χ0) is 25.6. The van der Waals surface area contributed by atoms with Crippen molar-refractivity contribution in [3.05, 3.63) is 36.2 Å². The van der Waals surface area contributed by atoms with Crippen LogP contribution in [0.15, 0.2) is 35.6 Å². The largest absolute Gasteiger partial charge is 0.504 e. The number of hydrogen-bond donors (Lipinski definition) is 5. The van der Waals surface area contributed by atoms with Crippen LogP contribution >= 0.6 is 0 Å². The zero-order valence-corrected chi connectivity index (χ0v) is 20.7. The van der Waals surface area contributed by atoms with Crippen molar-refractivity contribution >= 4 is 17.5 Å². The normalized spacial score (nSPS) is 14.9. The van der Waals surface area contributed by atoms with Crippen LogP contribution in [0.1, 0.15) is 44.1 Å². The smallest absolute Gasteiger partial charge is 0.188 e. The Kier molecular flexibility index (Phi) is 11.9. The molecule has 2 atom stereocenters. The molecule has 1 aliphatic rings. The fourth-order valence-electron chi connectivity index (χ4n) is 4.07. The van der Waals surface area contributed by atoms with Gasteiger partial charge in [-0.05, 0) is 49.8 Å². The average Bonchev–Trinajstić information content (AvgIpc) is 3.38. The molecule has 0 radical (unpaired) electrons. The maximum atomic E-state index is 12.9. The van der Waals surface area contributed by atoms with E-state index in [4.69, 9.17) is 10.5 Å². The van der Waals surface area contributed by atoms with Crippen LogP contribution in [0.3, 0.4) is 0 Å². The Labute approximate surface area is 207 Å². The number of benzene rings is 1. The van der Waals surface area contributed by atoms with Crippen LogP contribution in [0.4, 0.5) is 0 Å². The molecule has 194 valence electrons. The number of ketones is 2. The van der Waals surface area contributed by atoms with Crippen molar-refractivity contribution in [3.63, 3.8) is 0 Å². The number of rotatable bonds is 16. The highest BCUT2D eigenvalue weighted by atomic mass is 16.5. The van der Waals surface area contributed by atoms with Crippen LogP contribution in [0.25, 0.3) is 0 Å². The van der Waals surface area contributed by atoms with E-state index in [1.54, 1.807) is 19.2 Å². The summed E-state index contributed by atoms with van der Waals surface area (Å²) in [6.07, 6.45) is 7.02. The van der Waals surface area contributed by atoms with Gasteiger partial charge in [0.2, 0.25) is 0 Å². The van der Waals surface area contributed by atoms with Crippen LogP contribution in [-0.2, 0) is 16.0 Å². The Morgan fingerprint density at radius 1 is 1.26 bits per heavy atom. The van der Waals surface area contributed by atoms with Gasteiger partial charge in [0.05, 0.1) is 19.7 Å². The zero-order valence-electron chi connectivity index (χ0n) is 20.7. The van der Waals surface area contributed by atoms with Crippen molar-refractivity contribution in [1.29, 1.82) is 0 Å². The first-order valence-corrected chi connectivity index (χ1v) is 12.0. The minimum atomic E-state index is -0.812. The highest BCUT2D eigenvalue weighted by molar-refractivity contribution is 6.02. The standard InChI is InChI=1S/C25H39N5O5/c1-27-25(26)29-19(10-13-30-14-12-28-17-30)4-3-5-21(32)20(11-15-31)22(33)8-6-18-7-9-23(34)24(16-18)35-2/h7,9,12,14,16,19-20,28,31,34H,3-6,8,10-11,13,15,17H2,1-2H3,(H3,26,27,29). The van der Waals surface area contributed by atoms with Crippen LogP contribution in [0.5, 0.6) is 11.5 Å². The summed E-state index contributed by atoms with van der Waals surface area (Å²) in [6, 6.07) is 4.97. The highest BCUT2D eigenvalue weighted by Crippen LogP contribution is 2.27. The first-order chi connectivity index (χ1) is 16.9. The van der Waals surface area contributed by atoms with E-state index in [0.29, 0.717) is 31.0 Å². The molecule has 0 saturated carbocycles. The second kappa shape index (κ2) is 14.9. The molecule has 1 heterocycles. The summed E-state index contributed by atoms with van der Waals surface area (Å²) in [5.74, 6) is -0.406. The van der Waals surface area contributed by atoms with Gasteiger partial charge in [-0.25, -0.2) is 0 Å². The molecule has 2 unspecified atom stereocenters. The number of aliphatic imine (C=N–C) groups is 1. The van der Waals surface area contributed by atoms with E-state index in [1.807, 2.05) is 12.4 Å². The molecule has 0 aromatic heterocycles. The molecule has 0 bridgehead atoms. The molecule has 1 aliphatic heterocycles. The van der Waals surface area contributed by atoms with Gasteiger partial charge < -0.3 is 36.2 Å². The van der Waals surface area contributed by atoms with E-state index >= 15 is 0 Å². The Balaban J connectivity index is 1.87. The number of nitrogens with one attached hydrogen (secondary N) is 2. The number of phenols is 1. The summed E-state index contributed by atoms with van der Waals surface area (Å²) in [7, 11) is 3.08. The summed E-state index contributed by atoms with van der Waals surface area (Å²) in [5, 5.41) is 25.5. The highest BCUT2D eigenvalue weighted by Gasteiger charge is 2.25. The lowest BCUT2D eigenvalue weighted by Gasteiger charge is -2.23. The molecule has 10 nitrogen and oxygen atoms in total. The number of ether oxygens (including phenoxy) is 1. The molecule has 1 aromatic rings. The first kappa shape index (κ1) is 28.0. The Morgan fingerprint density at radius 3 is 2.69 bits per heavy atom. The number of carbonyl (C=O) groups is 2. The molecular formula is C25H39N5O5. The number of aromatic hydroxyl groups is 1. The lowest BCUT2D eigenvalue weighted by molar-refractivity contribution is -0.133. The maximum Gasteiger partial charge on any atom is 0.188 e. The van der Waals surface area contributed by atoms with Gasteiger partial charge in [-0.3, -0.25) is 14.6 Å². The average molecular weight is 490 g/mol. The van der Waals surface area contributed by atoms with Crippen molar-refractivity contribution in [2.24, 2.45) is 16.6 Å². The Bertz CT molecular complexity index is 889. The molecular weight excluding hydrogens is 450 g/mol.